The number of hydrogen-bond acceptors (Lipinski definition) is 2. The van der Waals surface area contributed by atoms with Crippen LogP contribution in [0.15, 0.2) is 188 Å². The summed E-state index contributed by atoms with van der Waals surface area (Å²) in [5.74, 6) is 2.89. The molecule has 0 radical (unpaired) electrons. The van der Waals surface area contributed by atoms with Crippen LogP contribution < -0.4 is 4.74 Å². The summed E-state index contributed by atoms with van der Waals surface area (Å²) in [4.78, 5) is 4.88. The minimum atomic E-state index is -0.0235. The summed E-state index contributed by atoms with van der Waals surface area (Å²) in [6.45, 7) is 6.70. The zero-order valence-electron chi connectivity index (χ0n) is 37.7. The van der Waals surface area contributed by atoms with Crippen LogP contribution in [-0.4, -0.2) is 18.7 Å². The van der Waals surface area contributed by atoms with Gasteiger partial charge in [-0.05, 0) is 17.0 Å². The van der Waals surface area contributed by atoms with E-state index in [2.05, 4.69) is 236 Å². The maximum atomic E-state index is 6.71. The van der Waals surface area contributed by atoms with E-state index in [-0.39, 0.29) is 29.1 Å². The van der Waals surface area contributed by atoms with Crippen molar-refractivity contribution in [3.05, 3.63) is 254 Å². The number of nitrogens with zero attached hydrogens (tertiary/aromatic N) is 4. The molecule has 0 fully saturated rings. The molecule has 6 heteroatoms. The van der Waals surface area contributed by atoms with Gasteiger partial charge in [-0.25, -0.2) is 0 Å². The van der Waals surface area contributed by atoms with E-state index in [1.807, 2.05) is 18.3 Å². The first-order valence-corrected chi connectivity index (χ1v) is 24.7. The SMILES string of the molecule is CC(C)(C)c1ccnc(-n2c3[c-]c(Oc4[c-]c(-n5[c](=[Pt])n(-c6ccc7c(c6)C6c8ccccc8C7C7c8ccccc8C6c6ccccc67)c6ccccc65)ccc4)ccc3c3ccccc32)c1. The molecule has 0 aliphatic heterocycles. The molecule has 3 heterocycles. The molecule has 0 N–H and O–H groups in total. The Hall–Kier alpha value is -7.33. The molecule has 0 spiro atoms. The standard InChI is InChI=1S/C62H44N4O.Pt/c1-62(2,3)38-31-32-63-57(33-38)66-53-24-11-10-17-43(53)44-30-28-42(36-56(44)66)67-41-16-14-15-39(34-41)64-37-65(55-26-13-12-25-54(55)64)40-27-29-51-52(35-40)61-50-23-9-8-22-49(50)60(51)58-45-18-4-6-20-47(45)59(61)48-21-7-5-19-46(48)58;/h4-33,35,58-61H,1-3H3;/q-2;. The van der Waals surface area contributed by atoms with Crippen LogP contribution in [0.25, 0.3) is 50.0 Å². The molecule has 8 aromatic carbocycles. The monoisotopic (exact) mass is 1060 g/mol. The second kappa shape index (κ2) is 14.8. The van der Waals surface area contributed by atoms with Gasteiger partial charge in [0.15, 0.2) is 0 Å². The number of aromatic nitrogens is 4. The maximum absolute atomic E-state index is 6.71. The quantitative estimate of drug-likeness (QED) is 0.161. The summed E-state index contributed by atoms with van der Waals surface area (Å²) in [5, 5.41) is 2.24. The van der Waals surface area contributed by atoms with Gasteiger partial charge in [0, 0.05) is 6.20 Å². The predicted octanol–water partition coefficient (Wildman–Crippen LogP) is 14.6. The number of pyridine rings is 1. The first kappa shape index (κ1) is 39.8. The average molecular weight is 1060 g/mol. The summed E-state index contributed by atoms with van der Waals surface area (Å²) in [5.41, 5.74) is 19.1. The summed E-state index contributed by atoms with van der Waals surface area (Å²) < 4.78 is 14.7. The molecule has 5 nitrogen and oxygen atoms in total. The molecular weight excluding hydrogens is 1010 g/mol. The van der Waals surface area contributed by atoms with Crippen molar-refractivity contribution in [2.45, 2.75) is 49.9 Å². The molecule has 0 saturated carbocycles. The van der Waals surface area contributed by atoms with Crippen LogP contribution in [0.5, 0.6) is 11.5 Å². The van der Waals surface area contributed by atoms with E-state index in [1.165, 1.54) is 50.1 Å². The molecule has 4 bridgehead atoms. The number of benzene rings is 8. The average Bonchev–Trinajstić information content (AvgIpc) is 3.85. The molecular formula is C62H44N4OPt-2. The molecule has 2 atom stereocenters. The zero-order chi connectivity index (χ0) is 45.4. The molecule has 330 valence electrons. The molecule has 0 saturated heterocycles. The second-order valence-electron chi connectivity index (χ2n) is 19.6. The van der Waals surface area contributed by atoms with Crippen molar-refractivity contribution in [1.29, 1.82) is 0 Å². The fourth-order valence-corrected chi connectivity index (χ4v) is 13.2. The number of para-hydroxylation sites is 3. The van der Waals surface area contributed by atoms with Crippen LogP contribution in [-0.2, 0) is 24.8 Å². The molecule has 0 amide bonds. The third-order valence-corrected chi connectivity index (χ3v) is 16.0. The van der Waals surface area contributed by atoms with E-state index in [4.69, 9.17) is 9.72 Å². The van der Waals surface area contributed by atoms with Crippen LogP contribution in [0, 0.1) is 15.9 Å². The van der Waals surface area contributed by atoms with Crippen molar-refractivity contribution in [3.8, 4) is 28.7 Å². The summed E-state index contributed by atoms with van der Waals surface area (Å²) in [6.07, 6.45) is 1.91. The van der Waals surface area contributed by atoms with Crippen LogP contribution in [0.1, 0.15) is 94.5 Å². The van der Waals surface area contributed by atoms with Gasteiger partial charge < -0.3 is 0 Å². The normalized spacial score (nSPS) is 17.7. The van der Waals surface area contributed by atoms with E-state index in [9.17, 15) is 0 Å². The Labute approximate surface area is 406 Å². The van der Waals surface area contributed by atoms with Crippen molar-refractivity contribution >= 4 is 32.8 Å². The summed E-state index contributed by atoms with van der Waals surface area (Å²) >= 11 is 2.51. The van der Waals surface area contributed by atoms with E-state index in [1.54, 1.807) is 0 Å². The first-order chi connectivity index (χ1) is 33.3. The number of ether oxygens (including phenoxy) is 1. The van der Waals surface area contributed by atoms with Crippen molar-refractivity contribution < 1.29 is 24.1 Å². The molecule has 6 aliphatic rings. The number of hydrogen-bond donors (Lipinski definition) is 0. The summed E-state index contributed by atoms with van der Waals surface area (Å²) in [6, 6.07) is 74.2. The molecule has 3 aromatic heterocycles. The van der Waals surface area contributed by atoms with Gasteiger partial charge in [-0.3, -0.25) is 0 Å². The van der Waals surface area contributed by atoms with E-state index >= 15 is 0 Å². The number of fused-ring (bicyclic) bond motifs is 4. The minimum absolute atomic E-state index is 0.0235. The Bertz CT molecular complexity index is 3910. The van der Waals surface area contributed by atoms with Crippen LogP contribution in [0.4, 0.5) is 0 Å². The van der Waals surface area contributed by atoms with Gasteiger partial charge >= 0.3 is 352 Å². The van der Waals surface area contributed by atoms with Crippen molar-refractivity contribution in [2.24, 2.45) is 0 Å². The van der Waals surface area contributed by atoms with Crippen LogP contribution in [0.2, 0.25) is 0 Å². The van der Waals surface area contributed by atoms with E-state index in [0.29, 0.717) is 11.5 Å². The molecule has 17 rings (SSSR count). The fourth-order valence-electron chi connectivity index (χ4n) is 12.1. The Kier molecular flexibility index (Phi) is 8.68. The topological polar surface area (TPSA) is 36.9 Å². The van der Waals surface area contributed by atoms with Gasteiger partial charge in [0.2, 0.25) is 0 Å². The van der Waals surface area contributed by atoms with Gasteiger partial charge in [0.1, 0.15) is 0 Å². The van der Waals surface area contributed by atoms with Crippen LogP contribution in [0.3, 0.4) is 0 Å². The van der Waals surface area contributed by atoms with Crippen molar-refractivity contribution in [1.82, 2.24) is 18.7 Å². The van der Waals surface area contributed by atoms with Gasteiger partial charge in [-0.1, -0.05) is 32.9 Å². The number of rotatable bonds is 5. The van der Waals surface area contributed by atoms with Gasteiger partial charge in [-0.15, -0.1) is 0 Å². The summed E-state index contributed by atoms with van der Waals surface area (Å²) in [7, 11) is 0. The Morgan fingerprint density at radius 1 is 0.471 bits per heavy atom. The molecule has 2 unspecified atom stereocenters. The Morgan fingerprint density at radius 3 is 1.65 bits per heavy atom. The van der Waals surface area contributed by atoms with Gasteiger partial charge in [-0.2, -0.15) is 0 Å². The van der Waals surface area contributed by atoms with E-state index in [0.717, 1.165) is 53.8 Å². The third-order valence-electron chi connectivity index (χ3n) is 15.0. The Morgan fingerprint density at radius 2 is 1.01 bits per heavy atom. The third kappa shape index (κ3) is 5.78. The fraction of sp³-hybridized carbons (Fsp3) is 0.129. The molecule has 6 aliphatic carbocycles. The predicted molar refractivity (Wildman–Crippen MR) is 268 cm³/mol. The van der Waals surface area contributed by atoms with Crippen molar-refractivity contribution in [3.63, 3.8) is 0 Å². The Balaban J connectivity index is 0.880. The number of imidazole rings is 1. The molecule has 11 aromatic rings. The molecule has 68 heavy (non-hydrogen) atoms. The van der Waals surface area contributed by atoms with Gasteiger partial charge in [0.05, 0.1) is 0 Å². The van der Waals surface area contributed by atoms with E-state index < -0.39 is 0 Å². The van der Waals surface area contributed by atoms with Gasteiger partial charge in [0.25, 0.3) is 0 Å². The second-order valence-corrected chi connectivity index (χ2v) is 20.6. The van der Waals surface area contributed by atoms with Crippen LogP contribution >= 0.6 is 0 Å². The zero-order valence-corrected chi connectivity index (χ0v) is 40.0. The first-order valence-electron chi connectivity index (χ1n) is 23.5. The van der Waals surface area contributed by atoms with Crippen molar-refractivity contribution in [2.75, 3.05) is 0 Å².